The van der Waals surface area contributed by atoms with Crippen LogP contribution in [0.4, 0.5) is 0 Å². The molecule has 0 bridgehead atoms. The Bertz CT molecular complexity index is 960. The number of hydrogen-bond donors (Lipinski definition) is 2. The number of aromatic amines is 1. The number of nitrogens with zero attached hydrogens (tertiary/aromatic N) is 5. The third kappa shape index (κ3) is 5.91. The average molecular weight is 448 g/mol. The van der Waals surface area contributed by atoms with Crippen LogP contribution in [0.2, 0.25) is 0 Å². The minimum absolute atomic E-state index is 0.592. The summed E-state index contributed by atoms with van der Waals surface area (Å²) in [6.07, 6.45) is 13.1. The second-order valence-corrected chi connectivity index (χ2v) is 9.83. The van der Waals surface area contributed by atoms with Gasteiger partial charge in [0.25, 0.3) is 0 Å². The molecule has 2 aliphatic rings. The van der Waals surface area contributed by atoms with Gasteiger partial charge < -0.3 is 19.8 Å². The molecule has 4 heterocycles. The van der Waals surface area contributed by atoms with E-state index in [-0.39, 0.29) is 0 Å². The topological polar surface area (TPSA) is 65.0 Å². The van der Waals surface area contributed by atoms with Gasteiger partial charge in [0.2, 0.25) is 0 Å². The van der Waals surface area contributed by atoms with Gasteiger partial charge in [0.05, 0.1) is 13.1 Å². The van der Waals surface area contributed by atoms with E-state index in [2.05, 4.69) is 66.2 Å². The zero-order valence-electron chi connectivity index (χ0n) is 19.6. The smallest absolute Gasteiger partial charge is 0.122 e. The number of benzene rings is 1. The van der Waals surface area contributed by atoms with Crippen molar-refractivity contribution in [1.29, 1.82) is 0 Å². The standard InChI is InChI=1S/C26H37N7/c1-2-5-23(6-3-1)19-32(20-24-28-12-13-29-24)21-25-30-14-18-33(25)16-4-15-31-17-9-26(22-31)7-10-27-11-8-26/h1-3,5-6,12-14,18,27H,4,7-11,15-17,19-22H2,(H,28,29). The lowest BCUT2D eigenvalue weighted by Crippen LogP contribution is -2.38. The Balaban J connectivity index is 1.16. The van der Waals surface area contributed by atoms with Crippen LogP contribution in [0.15, 0.2) is 55.1 Å². The third-order valence-electron chi connectivity index (χ3n) is 7.40. The van der Waals surface area contributed by atoms with E-state index in [9.17, 15) is 0 Å². The van der Waals surface area contributed by atoms with Crippen molar-refractivity contribution in [2.75, 3.05) is 32.7 Å². The highest BCUT2D eigenvalue weighted by Gasteiger charge is 2.38. The molecule has 0 saturated carbocycles. The van der Waals surface area contributed by atoms with Crippen molar-refractivity contribution in [2.24, 2.45) is 5.41 Å². The second-order valence-electron chi connectivity index (χ2n) is 9.83. The molecule has 176 valence electrons. The lowest BCUT2D eigenvalue weighted by atomic mass is 9.78. The molecule has 2 saturated heterocycles. The molecule has 5 rings (SSSR count). The van der Waals surface area contributed by atoms with Crippen LogP contribution in [-0.2, 0) is 26.2 Å². The first kappa shape index (κ1) is 22.3. The number of rotatable bonds is 10. The third-order valence-corrected chi connectivity index (χ3v) is 7.40. The predicted molar refractivity (Wildman–Crippen MR) is 130 cm³/mol. The van der Waals surface area contributed by atoms with E-state index in [1.54, 1.807) is 0 Å². The van der Waals surface area contributed by atoms with Crippen LogP contribution < -0.4 is 5.32 Å². The zero-order valence-corrected chi connectivity index (χ0v) is 19.6. The summed E-state index contributed by atoms with van der Waals surface area (Å²) >= 11 is 0. The normalized spacial score (nSPS) is 18.5. The molecule has 2 aromatic heterocycles. The molecule has 2 fully saturated rings. The molecule has 2 N–H and O–H groups in total. The van der Waals surface area contributed by atoms with Gasteiger partial charge in [-0.2, -0.15) is 0 Å². The van der Waals surface area contributed by atoms with Gasteiger partial charge in [-0.1, -0.05) is 30.3 Å². The van der Waals surface area contributed by atoms with E-state index in [1.807, 2.05) is 18.6 Å². The first-order valence-electron chi connectivity index (χ1n) is 12.5. The highest BCUT2D eigenvalue weighted by Crippen LogP contribution is 2.38. The van der Waals surface area contributed by atoms with Gasteiger partial charge in [-0.05, 0) is 62.8 Å². The molecular formula is C26H37N7. The summed E-state index contributed by atoms with van der Waals surface area (Å²) in [7, 11) is 0. The molecule has 3 aromatic rings. The van der Waals surface area contributed by atoms with Gasteiger partial charge >= 0.3 is 0 Å². The number of aromatic nitrogens is 4. The molecule has 1 aromatic carbocycles. The Hall–Kier alpha value is -2.48. The van der Waals surface area contributed by atoms with Gasteiger partial charge in [0.1, 0.15) is 11.6 Å². The van der Waals surface area contributed by atoms with Crippen LogP contribution in [0.25, 0.3) is 0 Å². The Kier molecular flexibility index (Phi) is 7.19. The van der Waals surface area contributed by atoms with Crippen LogP contribution in [-0.4, -0.2) is 62.0 Å². The number of likely N-dealkylation sites (tertiary alicyclic amines) is 1. The molecular weight excluding hydrogens is 410 g/mol. The number of nitrogens with one attached hydrogen (secondary N) is 2. The summed E-state index contributed by atoms with van der Waals surface area (Å²) < 4.78 is 2.34. The van der Waals surface area contributed by atoms with Crippen molar-refractivity contribution >= 4 is 0 Å². The van der Waals surface area contributed by atoms with Gasteiger partial charge in [0.15, 0.2) is 0 Å². The van der Waals surface area contributed by atoms with E-state index in [0.717, 1.165) is 37.8 Å². The minimum Gasteiger partial charge on any atom is -0.348 e. The molecule has 0 atom stereocenters. The number of aryl methyl sites for hydroxylation is 1. The Morgan fingerprint density at radius 1 is 0.939 bits per heavy atom. The second kappa shape index (κ2) is 10.6. The van der Waals surface area contributed by atoms with Crippen molar-refractivity contribution < 1.29 is 0 Å². The largest absolute Gasteiger partial charge is 0.348 e. The van der Waals surface area contributed by atoms with E-state index >= 15 is 0 Å². The summed E-state index contributed by atoms with van der Waals surface area (Å²) in [5.41, 5.74) is 1.90. The van der Waals surface area contributed by atoms with Crippen molar-refractivity contribution in [3.8, 4) is 0 Å². The maximum atomic E-state index is 4.72. The van der Waals surface area contributed by atoms with E-state index < -0.39 is 0 Å². The molecule has 33 heavy (non-hydrogen) atoms. The Morgan fingerprint density at radius 2 is 1.82 bits per heavy atom. The van der Waals surface area contributed by atoms with Crippen molar-refractivity contribution in [3.63, 3.8) is 0 Å². The molecule has 0 unspecified atom stereocenters. The first-order valence-corrected chi connectivity index (χ1v) is 12.5. The molecule has 7 nitrogen and oxygen atoms in total. The monoisotopic (exact) mass is 447 g/mol. The van der Waals surface area contributed by atoms with Gasteiger partial charge in [-0.15, -0.1) is 0 Å². The van der Waals surface area contributed by atoms with Gasteiger partial charge in [-0.3, -0.25) is 4.90 Å². The maximum Gasteiger partial charge on any atom is 0.122 e. The summed E-state index contributed by atoms with van der Waals surface area (Å²) in [5, 5.41) is 3.52. The van der Waals surface area contributed by atoms with Crippen LogP contribution in [0, 0.1) is 5.41 Å². The number of hydrogen-bond acceptors (Lipinski definition) is 5. The molecule has 0 radical (unpaired) electrons. The first-order chi connectivity index (χ1) is 16.3. The lowest BCUT2D eigenvalue weighted by Gasteiger charge is -2.34. The quantitative estimate of drug-likeness (QED) is 0.499. The summed E-state index contributed by atoms with van der Waals surface area (Å²) in [5.74, 6) is 2.12. The minimum atomic E-state index is 0.592. The van der Waals surface area contributed by atoms with E-state index in [0.29, 0.717) is 5.41 Å². The maximum absolute atomic E-state index is 4.72. The van der Waals surface area contributed by atoms with Crippen molar-refractivity contribution in [2.45, 2.75) is 51.9 Å². The molecule has 1 spiro atoms. The van der Waals surface area contributed by atoms with Crippen LogP contribution in [0.5, 0.6) is 0 Å². The molecule has 0 amide bonds. The molecule has 7 heteroatoms. The van der Waals surface area contributed by atoms with Gasteiger partial charge in [-0.25, -0.2) is 9.97 Å². The van der Waals surface area contributed by atoms with Crippen molar-refractivity contribution in [3.05, 3.63) is 72.3 Å². The zero-order chi connectivity index (χ0) is 22.3. The summed E-state index contributed by atoms with van der Waals surface area (Å²) in [6.45, 7) is 9.63. The fourth-order valence-electron chi connectivity index (χ4n) is 5.55. The Labute approximate surface area is 197 Å². The van der Waals surface area contributed by atoms with E-state index in [1.165, 1.54) is 64.0 Å². The van der Waals surface area contributed by atoms with Crippen LogP contribution >= 0.6 is 0 Å². The number of piperidine rings is 1. The summed E-state index contributed by atoms with van der Waals surface area (Å²) in [4.78, 5) is 17.5. The highest BCUT2D eigenvalue weighted by molar-refractivity contribution is 5.14. The van der Waals surface area contributed by atoms with Gasteiger partial charge in [0, 0.05) is 44.4 Å². The SMILES string of the molecule is c1ccc(CN(Cc2ncc[nH]2)Cc2nccn2CCCN2CCC3(CCNCC3)C2)cc1. The predicted octanol–water partition coefficient (Wildman–Crippen LogP) is 3.27. The fraction of sp³-hybridized carbons (Fsp3) is 0.538. The van der Waals surface area contributed by atoms with Crippen molar-refractivity contribution in [1.82, 2.24) is 34.6 Å². The Morgan fingerprint density at radius 3 is 2.64 bits per heavy atom. The van der Waals surface area contributed by atoms with Crippen LogP contribution in [0.3, 0.4) is 0 Å². The average Bonchev–Trinajstić information content (AvgIpc) is 3.59. The molecule has 0 aliphatic carbocycles. The molecule has 2 aliphatic heterocycles. The highest BCUT2D eigenvalue weighted by atomic mass is 15.2. The lowest BCUT2D eigenvalue weighted by molar-refractivity contribution is 0.194. The summed E-state index contributed by atoms with van der Waals surface area (Å²) in [6, 6.07) is 10.7. The number of imidazole rings is 2. The van der Waals surface area contributed by atoms with Crippen LogP contribution in [0.1, 0.15) is 42.9 Å². The van der Waals surface area contributed by atoms with E-state index in [4.69, 9.17) is 4.98 Å². The fourth-order valence-corrected chi connectivity index (χ4v) is 5.55. The number of H-pyrrole nitrogens is 1.